The molecule has 0 radical (unpaired) electrons. The Balaban J connectivity index is 2.14. The molecule has 0 aromatic heterocycles. The highest BCUT2D eigenvalue weighted by molar-refractivity contribution is 6.37. The molecule has 0 aliphatic rings. The van der Waals surface area contributed by atoms with Gasteiger partial charge >= 0.3 is 5.97 Å². The van der Waals surface area contributed by atoms with Crippen molar-refractivity contribution in [1.29, 1.82) is 0 Å². The van der Waals surface area contributed by atoms with Crippen LogP contribution in [0.3, 0.4) is 0 Å². The molecule has 2 aromatic rings. The third kappa shape index (κ3) is 5.60. The van der Waals surface area contributed by atoms with E-state index >= 15 is 0 Å². The fraction of sp³-hybridized carbons (Fsp3) is 0.263. The van der Waals surface area contributed by atoms with Crippen LogP contribution in [0.2, 0.25) is 10.0 Å². The zero-order valence-corrected chi connectivity index (χ0v) is 16.4. The maximum atomic E-state index is 12.6. The molecule has 0 atom stereocenters. The first kappa shape index (κ1) is 21.0. The van der Waals surface area contributed by atoms with Crippen LogP contribution >= 0.6 is 23.2 Å². The van der Waals surface area contributed by atoms with Gasteiger partial charge in [-0.1, -0.05) is 29.3 Å². The summed E-state index contributed by atoms with van der Waals surface area (Å²) >= 11 is 12.2. The Bertz CT molecular complexity index is 826. The number of hydrogen-bond acceptors (Lipinski definition) is 5. The first-order valence-corrected chi connectivity index (χ1v) is 8.91. The van der Waals surface area contributed by atoms with E-state index < -0.39 is 11.9 Å². The molecule has 1 amide bonds. The Morgan fingerprint density at radius 1 is 1.07 bits per heavy atom. The van der Waals surface area contributed by atoms with Gasteiger partial charge in [-0.2, -0.15) is 0 Å². The molecule has 0 spiro atoms. The van der Waals surface area contributed by atoms with Gasteiger partial charge in [-0.3, -0.25) is 4.79 Å². The van der Waals surface area contributed by atoms with Crippen LogP contribution in [-0.2, 0) is 9.47 Å². The molecule has 0 saturated heterocycles. The molecule has 27 heavy (non-hydrogen) atoms. The van der Waals surface area contributed by atoms with Gasteiger partial charge in [0.05, 0.1) is 29.3 Å². The molecule has 0 saturated carbocycles. The third-order valence-electron chi connectivity index (χ3n) is 3.51. The Hall–Kier alpha value is -2.28. The van der Waals surface area contributed by atoms with E-state index in [4.69, 9.17) is 37.4 Å². The summed E-state index contributed by atoms with van der Waals surface area (Å²) in [5, 5.41) is 3.14. The fourth-order valence-corrected chi connectivity index (χ4v) is 2.75. The topological polar surface area (TPSA) is 73.9 Å². The summed E-state index contributed by atoms with van der Waals surface area (Å²) in [5.41, 5.74) is 0.808. The Labute approximate surface area is 167 Å². The number of rotatable bonds is 8. The second-order valence-corrected chi connectivity index (χ2v) is 6.12. The summed E-state index contributed by atoms with van der Waals surface area (Å²) in [6, 6.07) is 9.41. The molecule has 0 fully saturated rings. The predicted molar refractivity (Wildman–Crippen MR) is 104 cm³/mol. The number of nitrogens with one attached hydrogen (secondary N) is 1. The minimum absolute atomic E-state index is 0.108. The quantitative estimate of drug-likeness (QED) is 0.512. The van der Waals surface area contributed by atoms with Crippen LogP contribution in [0.1, 0.15) is 27.6 Å². The lowest BCUT2D eigenvalue weighted by atomic mass is 10.1. The van der Waals surface area contributed by atoms with Crippen LogP contribution in [0.25, 0.3) is 0 Å². The van der Waals surface area contributed by atoms with Crippen molar-refractivity contribution in [3.63, 3.8) is 0 Å². The molecule has 0 unspecified atom stereocenters. The van der Waals surface area contributed by atoms with Gasteiger partial charge in [0.15, 0.2) is 5.75 Å². The zero-order chi connectivity index (χ0) is 19.8. The molecule has 0 aliphatic heterocycles. The van der Waals surface area contributed by atoms with E-state index in [0.29, 0.717) is 24.5 Å². The Morgan fingerprint density at radius 2 is 1.81 bits per heavy atom. The maximum Gasteiger partial charge on any atom is 0.338 e. The summed E-state index contributed by atoms with van der Waals surface area (Å²) in [6.45, 7) is 2.88. The van der Waals surface area contributed by atoms with Gasteiger partial charge in [0, 0.05) is 12.3 Å². The van der Waals surface area contributed by atoms with Gasteiger partial charge in [-0.15, -0.1) is 0 Å². The SMILES string of the molecule is CCOCCOC(=O)c1cccc(NC(=O)c2c(Cl)ccc(Cl)c2OC)c1. The highest BCUT2D eigenvalue weighted by atomic mass is 35.5. The standard InChI is InChI=1S/C19H19Cl2NO5/c1-3-26-9-10-27-19(24)12-5-4-6-13(11-12)22-18(23)16-14(20)7-8-15(21)17(16)25-2/h4-8,11H,3,9-10H2,1-2H3,(H,22,23). The largest absolute Gasteiger partial charge is 0.494 e. The summed E-state index contributed by atoms with van der Waals surface area (Å²) in [4.78, 5) is 24.7. The molecule has 0 bridgehead atoms. The van der Waals surface area contributed by atoms with E-state index in [1.807, 2.05) is 6.92 Å². The number of amides is 1. The average Bonchev–Trinajstić information content (AvgIpc) is 2.66. The monoisotopic (exact) mass is 411 g/mol. The van der Waals surface area contributed by atoms with Crippen LogP contribution in [0.4, 0.5) is 5.69 Å². The summed E-state index contributed by atoms with van der Waals surface area (Å²) in [5.74, 6) is -0.849. The third-order valence-corrected chi connectivity index (χ3v) is 4.12. The molecule has 6 nitrogen and oxygen atoms in total. The van der Waals surface area contributed by atoms with Crippen LogP contribution in [0.5, 0.6) is 5.75 Å². The Kier molecular flexibility index (Phi) is 7.91. The van der Waals surface area contributed by atoms with Crippen LogP contribution < -0.4 is 10.1 Å². The number of carbonyl (C=O) groups excluding carboxylic acids is 2. The van der Waals surface area contributed by atoms with Gasteiger partial charge in [-0.25, -0.2) is 4.79 Å². The predicted octanol–water partition coefficient (Wildman–Crippen LogP) is 4.45. The first-order chi connectivity index (χ1) is 13.0. The highest BCUT2D eigenvalue weighted by Crippen LogP contribution is 2.34. The van der Waals surface area contributed by atoms with Crippen molar-refractivity contribution in [2.75, 3.05) is 32.2 Å². The average molecular weight is 412 g/mol. The number of esters is 1. The van der Waals surface area contributed by atoms with E-state index in [0.717, 1.165) is 0 Å². The van der Waals surface area contributed by atoms with E-state index in [2.05, 4.69) is 5.32 Å². The van der Waals surface area contributed by atoms with Crippen molar-refractivity contribution in [3.05, 3.63) is 57.6 Å². The minimum Gasteiger partial charge on any atom is -0.494 e. The van der Waals surface area contributed by atoms with Gasteiger partial charge in [0.1, 0.15) is 12.2 Å². The van der Waals surface area contributed by atoms with Crippen molar-refractivity contribution < 1.29 is 23.8 Å². The molecule has 2 aromatic carbocycles. The van der Waals surface area contributed by atoms with E-state index in [1.54, 1.807) is 24.3 Å². The molecule has 144 valence electrons. The van der Waals surface area contributed by atoms with Crippen LogP contribution in [0, 0.1) is 0 Å². The van der Waals surface area contributed by atoms with Crippen molar-refractivity contribution in [3.8, 4) is 5.75 Å². The lowest BCUT2D eigenvalue weighted by molar-refractivity contribution is 0.0335. The molecule has 8 heteroatoms. The maximum absolute atomic E-state index is 12.6. The fourth-order valence-electron chi connectivity index (χ4n) is 2.28. The van der Waals surface area contributed by atoms with Gasteiger partial charge in [-0.05, 0) is 37.3 Å². The normalized spacial score (nSPS) is 10.4. The summed E-state index contributed by atoms with van der Waals surface area (Å²) in [7, 11) is 1.40. The molecule has 2 rings (SSSR count). The van der Waals surface area contributed by atoms with E-state index in [1.165, 1.54) is 19.2 Å². The molecular weight excluding hydrogens is 393 g/mol. The number of anilines is 1. The highest BCUT2D eigenvalue weighted by Gasteiger charge is 2.20. The van der Waals surface area contributed by atoms with Gasteiger partial charge in [0.25, 0.3) is 5.91 Å². The van der Waals surface area contributed by atoms with Crippen LogP contribution in [-0.4, -0.2) is 38.8 Å². The number of methoxy groups -OCH3 is 1. The molecule has 0 aliphatic carbocycles. The van der Waals surface area contributed by atoms with Crippen molar-refractivity contribution in [2.45, 2.75) is 6.92 Å². The smallest absolute Gasteiger partial charge is 0.338 e. The lowest BCUT2D eigenvalue weighted by Gasteiger charge is -2.13. The Morgan fingerprint density at radius 3 is 2.52 bits per heavy atom. The van der Waals surface area contributed by atoms with E-state index in [9.17, 15) is 9.59 Å². The summed E-state index contributed by atoms with van der Waals surface area (Å²) < 4.78 is 15.4. The zero-order valence-electron chi connectivity index (χ0n) is 14.9. The number of carbonyl (C=O) groups is 2. The second kappa shape index (κ2) is 10.2. The molecule has 1 N–H and O–H groups in total. The molecule has 0 heterocycles. The van der Waals surface area contributed by atoms with Gasteiger partial charge in [0.2, 0.25) is 0 Å². The number of ether oxygens (including phenoxy) is 3. The summed E-state index contributed by atoms with van der Waals surface area (Å²) in [6.07, 6.45) is 0. The van der Waals surface area contributed by atoms with Crippen molar-refractivity contribution in [1.82, 2.24) is 0 Å². The number of halogens is 2. The van der Waals surface area contributed by atoms with Crippen LogP contribution in [0.15, 0.2) is 36.4 Å². The molecular formula is C19H19Cl2NO5. The van der Waals surface area contributed by atoms with Gasteiger partial charge < -0.3 is 19.5 Å². The van der Waals surface area contributed by atoms with Crippen molar-refractivity contribution in [2.24, 2.45) is 0 Å². The minimum atomic E-state index is -0.513. The second-order valence-electron chi connectivity index (χ2n) is 5.31. The number of benzene rings is 2. The lowest BCUT2D eigenvalue weighted by Crippen LogP contribution is -2.15. The van der Waals surface area contributed by atoms with Crippen molar-refractivity contribution >= 4 is 40.8 Å². The number of hydrogen-bond donors (Lipinski definition) is 1. The van der Waals surface area contributed by atoms with E-state index in [-0.39, 0.29) is 28.0 Å². The first-order valence-electron chi connectivity index (χ1n) is 8.16.